The van der Waals surface area contributed by atoms with Gasteiger partial charge in [-0.25, -0.2) is 13.1 Å². The van der Waals surface area contributed by atoms with Crippen LogP contribution >= 0.6 is 34.7 Å². The highest BCUT2D eigenvalue weighted by atomic mass is 35.5. The molecule has 17 heavy (non-hydrogen) atoms. The molecule has 0 fully saturated rings. The summed E-state index contributed by atoms with van der Waals surface area (Å²) in [6.07, 6.45) is 1.85. The number of rotatable bonds is 6. The zero-order valence-corrected chi connectivity index (χ0v) is 12.6. The van der Waals surface area contributed by atoms with Gasteiger partial charge in [-0.05, 0) is 25.3 Å². The van der Waals surface area contributed by atoms with E-state index in [0.717, 1.165) is 11.3 Å². The molecular formula is C9H14ClNO3S3. The number of thioether (sulfide) groups is 1. The van der Waals surface area contributed by atoms with Crippen LogP contribution in [0.2, 0.25) is 4.34 Å². The molecule has 1 atom stereocenters. The summed E-state index contributed by atoms with van der Waals surface area (Å²) in [5.41, 5.74) is -1.06. The van der Waals surface area contributed by atoms with E-state index in [2.05, 4.69) is 4.72 Å². The molecule has 2 N–H and O–H groups in total. The quantitative estimate of drug-likeness (QED) is 0.840. The average Bonchev–Trinajstić information content (AvgIpc) is 2.63. The summed E-state index contributed by atoms with van der Waals surface area (Å²) in [5, 5.41) is 9.86. The van der Waals surface area contributed by atoms with E-state index >= 15 is 0 Å². The summed E-state index contributed by atoms with van der Waals surface area (Å²) < 4.78 is 26.6. The molecule has 0 amide bonds. The first-order valence-corrected chi connectivity index (χ1v) is 8.80. The summed E-state index contributed by atoms with van der Waals surface area (Å²) in [7, 11) is -3.58. The van der Waals surface area contributed by atoms with Gasteiger partial charge in [0.25, 0.3) is 0 Å². The normalized spacial score (nSPS) is 15.8. The first-order valence-electron chi connectivity index (χ1n) is 4.73. The molecule has 0 saturated heterocycles. The lowest BCUT2D eigenvalue weighted by Gasteiger charge is -2.22. The van der Waals surface area contributed by atoms with Gasteiger partial charge < -0.3 is 5.11 Å². The van der Waals surface area contributed by atoms with Gasteiger partial charge in [0.1, 0.15) is 4.21 Å². The van der Waals surface area contributed by atoms with E-state index in [1.54, 1.807) is 6.92 Å². The van der Waals surface area contributed by atoms with Crippen molar-refractivity contribution in [3.05, 3.63) is 16.5 Å². The van der Waals surface area contributed by atoms with Gasteiger partial charge in [0.15, 0.2) is 0 Å². The molecule has 8 heteroatoms. The van der Waals surface area contributed by atoms with Gasteiger partial charge >= 0.3 is 0 Å². The first kappa shape index (κ1) is 15.3. The summed E-state index contributed by atoms with van der Waals surface area (Å²) in [4.78, 5) is 0. The van der Waals surface area contributed by atoms with Crippen molar-refractivity contribution in [1.29, 1.82) is 0 Å². The van der Waals surface area contributed by atoms with Crippen LogP contribution in [0.5, 0.6) is 0 Å². The molecule has 4 nitrogen and oxygen atoms in total. The maximum absolute atomic E-state index is 11.8. The van der Waals surface area contributed by atoms with Crippen LogP contribution in [0.1, 0.15) is 6.92 Å². The number of halogens is 1. The summed E-state index contributed by atoms with van der Waals surface area (Å²) in [6.45, 7) is 1.57. The molecule has 0 aromatic carbocycles. The standard InChI is InChI=1S/C9H14ClNO3S3/c1-9(12,6-15-2)5-11-17(13,14)8-4-3-7(10)16-8/h3-4,11-12H,5-6H2,1-2H3. The molecule has 1 heterocycles. The highest BCUT2D eigenvalue weighted by molar-refractivity contribution is 7.98. The summed E-state index contributed by atoms with van der Waals surface area (Å²) in [6, 6.07) is 2.97. The molecule has 1 aromatic heterocycles. The molecule has 98 valence electrons. The molecule has 0 spiro atoms. The highest BCUT2D eigenvalue weighted by Gasteiger charge is 2.24. The Morgan fingerprint density at radius 3 is 2.71 bits per heavy atom. The molecule has 1 aromatic rings. The van der Waals surface area contributed by atoms with Crippen molar-refractivity contribution in [1.82, 2.24) is 4.72 Å². The van der Waals surface area contributed by atoms with Gasteiger partial charge in [0.05, 0.1) is 9.94 Å². The fraction of sp³-hybridized carbons (Fsp3) is 0.556. The Bertz CT molecular complexity index is 470. The number of sulfonamides is 1. The van der Waals surface area contributed by atoms with Crippen LogP contribution in [0.3, 0.4) is 0 Å². The summed E-state index contributed by atoms with van der Waals surface area (Å²) >= 11 is 8.12. The van der Waals surface area contributed by atoms with Gasteiger partial charge in [0.2, 0.25) is 10.0 Å². The second kappa shape index (κ2) is 5.90. The van der Waals surface area contributed by atoms with Crippen LogP contribution in [0.4, 0.5) is 0 Å². The zero-order chi connectivity index (χ0) is 13.1. The molecule has 1 unspecified atom stereocenters. The van der Waals surface area contributed by atoms with E-state index in [1.165, 1.54) is 23.9 Å². The van der Waals surface area contributed by atoms with Crippen LogP contribution in [0, 0.1) is 0 Å². The Kier molecular flexibility index (Phi) is 5.30. The molecule has 0 radical (unpaired) electrons. The SMILES string of the molecule is CSCC(C)(O)CNS(=O)(=O)c1ccc(Cl)s1. The van der Waals surface area contributed by atoms with E-state index in [9.17, 15) is 13.5 Å². The Hall–Kier alpha value is 0.210. The van der Waals surface area contributed by atoms with E-state index < -0.39 is 15.6 Å². The van der Waals surface area contributed by atoms with E-state index in [0.29, 0.717) is 10.1 Å². The Labute approximate surface area is 114 Å². The molecule has 1 rings (SSSR count). The number of nitrogens with one attached hydrogen (secondary N) is 1. The minimum absolute atomic E-state index is 0.0221. The number of hydrogen-bond donors (Lipinski definition) is 2. The van der Waals surface area contributed by atoms with Crippen molar-refractivity contribution in [2.45, 2.75) is 16.7 Å². The molecule has 0 saturated carbocycles. The minimum atomic E-state index is -3.58. The van der Waals surface area contributed by atoms with Gasteiger partial charge in [-0.3, -0.25) is 0 Å². The van der Waals surface area contributed by atoms with Crippen molar-refractivity contribution in [2.75, 3.05) is 18.6 Å². The fourth-order valence-corrected chi connectivity index (χ4v) is 4.54. The first-order chi connectivity index (χ1) is 7.77. The third kappa shape index (κ3) is 4.76. The third-order valence-corrected chi connectivity index (χ3v) is 5.95. The fourth-order valence-electron chi connectivity index (χ4n) is 1.13. The van der Waals surface area contributed by atoms with Crippen LogP contribution in [-0.4, -0.2) is 37.7 Å². The van der Waals surface area contributed by atoms with Crippen molar-refractivity contribution >= 4 is 44.7 Å². The lowest BCUT2D eigenvalue weighted by atomic mass is 10.1. The smallest absolute Gasteiger partial charge is 0.250 e. The average molecular weight is 316 g/mol. The zero-order valence-electron chi connectivity index (χ0n) is 9.44. The monoisotopic (exact) mass is 315 g/mol. The van der Waals surface area contributed by atoms with Crippen molar-refractivity contribution < 1.29 is 13.5 Å². The van der Waals surface area contributed by atoms with Gasteiger partial charge in [-0.1, -0.05) is 11.6 Å². The van der Waals surface area contributed by atoms with Crippen LogP contribution < -0.4 is 4.72 Å². The molecular weight excluding hydrogens is 302 g/mol. The topological polar surface area (TPSA) is 66.4 Å². The second-order valence-electron chi connectivity index (χ2n) is 3.81. The van der Waals surface area contributed by atoms with Crippen molar-refractivity contribution in [3.63, 3.8) is 0 Å². The largest absolute Gasteiger partial charge is 0.388 e. The Morgan fingerprint density at radius 2 is 2.24 bits per heavy atom. The van der Waals surface area contributed by atoms with E-state index in [4.69, 9.17) is 11.6 Å². The van der Waals surface area contributed by atoms with Crippen LogP contribution in [0.25, 0.3) is 0 Å². The molecule has 0 aliphatic rings. The van der Waals surface area contributed by atoms with E-state index in [1.807, 2.05) is 6.26 Å². The number of aliphatic hydroxyl groups is 1. The third-order valence-electron chi connectivity index (χ3n) is 1.91. The predicted octanol–water partition coefficient (Wildman–Crippen LogP) is 1.79. The van der Waals surface area contributed by atoms with Gasteiger partial charge in [-0.15, -0.1) is 11.3 Å². The maximum Gasteiger partial charge on any atom is 0.250 e. The van der Waals surface area contributed by atoms with Crippen LogP contribution in [-0.2, 0) is 10.0 Å². The van der Waals surface area contributed by atoms with E-state index in [-0.39, 0.29) is 10.8 Å². The van der Waals surface area contributed by atoms with Crippen molar-refractivity contribution in [2.24, 2.45) is 0 Å². The molecule has 0 aliphatic carbocycles. The van der Waals surface area contributed by atoms with Crippen LogP contribution in [0.15, 0.2) is 16.3 Å². The number of thiophene rings is 1. The summed E-state index contributed by atoms with van der Waals surface area (Å²) in [5.74, 6) is 0.459. The molecule has 0 bridgehead atoms. The van der Waals surface area contributed by atoms with Gasteiger partial charge in [0, 0.05) is 12.3 Å². The van der Waals surface area contributed by atoms with Crippen molar-refractivity contribution in [3.8, 4) is 0 Å². The Balaban J connectivity index is 2.69. The Morgan fingerprint density at radius 1 is 1.59 bits per heavy atom. The van der Waals surface area contributed by atoms with Gasteiger partial charge in [-0.2, -0.15) is 11.8 Å². The molecule has 0 aliphatic heterocycles. The lowest BCUT2D eigenvalue weighted by Crippen LogP contribution is -2.42. The maximum atomic E-state index is 11.8. The second-order valence-corrected chi connectivity index (χ2v) is 8.39. The lowest BCUT2D eigenvalue weighted by molar-refractivity contribution is 0.0909. The highest BCUT2D eigenvalue weighted by Crippen LogP contribution is 2.25. The predicted molar refractivity (Wildman–Crippen MR) is 73.5 cm³/mol. The number of hydrogen-bond acceptors (Lipinski definition) is 5. The minimum Gasteiger partial charge on any atom is -0.388 e.